The number of aromatic nitrogens is 1. The number of piperazine rings is 1. The highest BCUT2D eigenvalue weighted by Gasteiger charge is 2.33. The maximum absolute atomic E-state index is 13.1. The van der Waals surface area contributed by atoms with Gasteiger partial charge in [-0.3, -0.25) is 9.59 Å². The van der Waals surface area contributed by atoms with Crippen LogP contribution in [0.15, 0.2) is 48.5 Å². The van der Waals surface area contributed by atoms with E-state index >= 15 is 0 Å². The smallest absolute Gasteiger partial charge is 0.254 e. The SMILES string of the molecule is Cc1cc(N2CCN(C(=O)c3ccc4c(c3)C(=O)CC(C)(C)O4)CC2)nc2ccccc12. The lowest BCUT2D eigenvalue weighted by atomic mass is 9.92. The van der Waals surface area contributed by atoms with E-state index in [-0.39, 0.29) is 11.7 Å². The summed E-state index contributed by atoms with van der Waals surface area (Å²) in [5, 5.41) is 1.17. The quantitative estimate of drug-likeness (QED) is 0.609. The molecule has 3 heterocycles. The molecule has 0 spiro atoms. The number of amides is 1. The number of ether oxygens (including phenoxy) is 1. The first kappa shape index (κ1) is 20.5. The van der Waals surface area contributed by atoms with E-state index in [4.69, 9.17) is 9.72 Å². The first-order chi connectivity index (χ1) is 15.3. The first-order valence-electron chi connectivity index (χ1n) is 11.1. The van der Waals surface area contributed by atoms with Crippen molar-refractivity contribution in [3.63, 3.8) is 0 Å². The maximum atomic E-state index is 13.1. The van der Waals surface area contributed by atoms with Crippen LogP contribution in [0.5, 0.6) is 5.75 Å². The number of pyridine rings is 1. The van der Waals surface area contributed by atoms with Gasteiger partial charge in [0, 0.05) is 37.1 Å². The molecule has 0 aliphatic carbocycles. The van der Waals surface area contributed by atoms with E-state index in [1.165, 1.54) is 10.9 Å². The van der Waals surface area contributed by atoms with Crippen LogP contribution in [-0.4, -0.2) is 53.4 Å². The van der Waals surface area contributed by atoms with Crippen molar-refractivity contribution in [3.05, 3.63) is 65.2 Å². The second kappa shape index (κ2) is 7.62. The fraction of sp³-hybridized carbons (Fsp3) is 0.346. The van der Waals surface area contributed by atoms with Crippen LogP contribution >= 0.6 is 0 Å². The molecule has 1 fully saturated rings. The molecular weight excluding hydrogens is 402 g/mol. The fourth-order valence-corrected chi connectivity index (χ4v) is 4.60. The summed E-state index contributed by atoms with van der Waals surface area (Å²) in [5.41, 5.74) is 2.72. The molecule has 3 aromatic rings. The summed E-state index contributed by atoms with van der Waals surface area (Å²) < 4.78 is 5.91. The predicted octanol–water partition coefficient (Wildman–Crippen LogP) is 4.25. The average molecular weight is 430 g/mol. The van der Waals surface area contributed by atoms with Gasteiger partial charge >= 0.3 is 0 Å². The van der Waals surface area contributed by atoms with E-state index in [0.29, 0.717) is 36.4 Å². The minimum Gasteiger partial charge on any atom is -0.487 e. The van der Waals surface area contributed by atoms with Crippen LogP contribution in [0.4, 0.5) is 5.82 Å². The van der Waals surface area contributed by atoms with Crippen LogP contribution in [0.1, 0.15) is 46.5 Å². The highest BCUT2D eigenvalue weighted by Crippen LogP contribution is 2.34. The Labute approximate surface area is 187 Å². The summed E-state index contributed by atoms with van der Waals surface area (Å²) in [5.74, 6) is 1.49. The van der Waals surface area contributed by atoms with E-state index in [2.05, 4.69) is 24.0 Å². The standard InChI is InChI=1S/C26H27N3O3/c1-17-14-24(27-21-7-5-4-6-19(17)21)28-10-12-29(13-11-28)25(31)18-8-9-23-20(15-18)22(30)16-26(2,3)32-23/h4-9,14-15H,10-13,16H2,1-3H3. The minimum atomic E-state index is -0.513. The molecule has 32 heavy (non-hydrogen) atoms. The molecule has 6 heteroatoms. The summed E-state index contributed by atoms with van der Waals surface area (Å²) in [6.07, 6.45) is 0.314. The molecule has 1 saturated heterocycles. The first-order valence-corrected chi connectivity index (χ1v) is 11.1. The largest absolute Gasteiger partial charge is 0.487 e. The van der Waals surface area contributed by atoms with E-state index in [1.807, 2.05) is 36.9 Å². The van der Waals surface area contributed by atoms with E-state index in [0.717, 1.165) is 24.4 Å². The van der Waals surface area contributed by atoms with E-state index in [9.17, 15) is 9.59 Å². The number of hydrogen-bond donors (Lipinski definition) is 0. The van der Waals surface area contributed by atoms with Gasteiger partial charge in [0.05, 0.1) is 17.5 Å². The highest BCUT2D eigenvalue weighted by atomic mass is 16.5. The third-order valence-electron chi connectivity index (χ3n) is 6.30. The normalized spacial score (nSPS) is 17.8. The van der Waals surface area contributed by atoms with Gasteiger partial charge in [-0.1, -0.05) is 18.2 Å². The molecule has 0 bridgehead atoms. The molecule has 1 amide bonds. The van der Waals surface area contributed by atoms with Gasteiger partial charge in [-0.2, -0.15) is 0 Å². The Morgan fingerprint density at radius 2 is 1.78 bits per heavy atom. The summed E-state index contributed by atoms with van der Waals surface area (Å²) in [7, 11) is 0. The molecule has 5 rings (SSSR count). The molecule has 2 aromatic carbocycles. The lowest BCUT2D eigenvalue weighted by Crippen LogP contribution is -2.49. The van der Waals surface area contributed by atoms with Crippen LogP contribution in [-0.2, 0) is 0 Å². The third kappa shape index (κ3) is 3.70. The number of carbonyl (C=O) groups is 2. The Hall–Kier alpha value is -3.41. The molecule has 0 saturated carbocycles. The fourth-order valence-electron chi connectivity index (χ4n) is 4.60. The summed E-state index contributed by atoms with van der Waals surface area (Å²) in [4.78, 5) is 34.6. The van der Waals surface area contributed by atoms with Crippen LogP contribution in [0, 0.1) is 6.92 Å². The molecule has 0 N–H and O–H groups in total. The second-order valence-corrected chi connectivity index (χ2v) is 9.27. The average Bonchev–Trinajstić information content (AvgIpc) is 2.78. The zero-order valence-corrected chi connectivity index (χ0v) is 18.7. The Morgan fingerprint density at radius 3 is 2.56 bits per heavy atom. The highest BCUT2D eigenvalue weighted by molar-refractivity contribution is 6.03. The zero-order chi connectivity index (χ0) is 22.5. The number of ketones is 1. The number of aryl methyl sites for hydroxylation is 1. The van der Waals surface area contributed by atoms with Gasteiger partial charge in [-0.05, 0) is 56.7 Å². The van der Waals surface area contributed by atoms with E-state index < -0.39 is 5.60 Å². The number of hydrogen-bond acceptors (Lipinski definition) is 5. The Kier molecular flexibility index (Phi) is 4.88. The van der Waals surface area contributed by atoms with Crippen molar-refractivity contribution in [1.29, 1.82) is 0 Å². The summed E-state index contributed by atoms with van der Waals surface area (Å²) >= 11 is 0. The van der Waals surface area contributed by atoms with Crippen LogP contribution in [0.25, 0.3) is 10.9 Å². The van der Waals surface area contributed by atoms with Gasteiger partial charge in [0.15, 0.2) is 5.78 Å². The maximum Gasteiger partial charge on any atom is 0.254 e. The topological polar surface area (TPSA) is 62.7 Å². The van der Waals surface area contributed by atoms with Crippen molar-refractivity contribution in [2.24, 2.45) is 0 Å². The molecule has 0 radical (unpaired) electrons. The van der Waals surface area contributed by atoms with Gasteiger partial charge in [-0.25, -0.2) is 4.98 Å². The Morgan fingerprint density at radius 1 is 1.03 bits per heavy atom. The van der Waals surface area contributed by atoms with Crippen molar-refractivity contribution >= 4 is 28.4 Å². The van der Waals surface area contributed by atoms with Crippen molar-refractivity contribution in [1.82, 2.24) is 9.88 Å². The number of fused-ring (bicyclic) bond motifs is 2. The third-order valence-corrected chi connectivity index (χ3v) is 6.30. The molecule has 0 unspecified atom stereocenters. The number of benzene rings is 2. The van der Waals surface area contributed by atoms with Crippen LogP contribution in [0.2, 0.25) is 0 Å². The molecule has 0 atom stereocenters. The van der Waals surface area contributed by atoms with Crippen LogP contribution in [0.3, 0.4) is 0 Å². The molecule has 2 aliphatic heterocycles. The molecular formula is C26H27N3O3. The van der Waals surface area contributed by atoms with Crippen LogP contribution < -0.4 is 9.64 Å². The number of nitrogens with zero attached hydrogens (tertiary/aromatic N) is 3. The van der Waals surface area contributed by atoms with Crippen molar-refractivity contribution in [2.75, 3.05) is 31.1 Å². The lowest BCUT2D eigenvalue weighted by Gasteiger charge is -2.36. The monoisotopic (exact) mass is 429 g/mol. The van der Waals surface area contributed by atoms with Crippen molar-refractivity contribution in [3.8, 4) is 5.75 Å². The molecule has 1 aromatic heterocycles. The number of anilines is 1. The molecule has 164 valence electrons. The van der Waals surface area contributed by atoms with Crippen molar-refractivity contribution in [2.45, 2.75) is 32.8 Å². The Balaban J connectivity index is 1.30. The van der Waals surface area contributed by atoms with Gasteiger partial charge in [0.1, 0.15) is 17.2 Å². The van der Waals surface area contributed by atoms with Gasteiger partial charge in [0.25, 0.3) is 5.91 Å². The Bertz CT molecular complexity index is 1230. The lowest BCUT2D eigenvalue weighted by molar-refractivity contribution is 0.0619. The minimum absolute atomic E-state index is 0.0217. The molecule has 6 nitrogen and oxygen atoms in total. The number of rotatable bonds is 2. The number of para-hydroxylation sites is 1. The van der Waals surface area contributed by atoms with E-state index in [1.54, 1.807) is 18.2 Å². The molecule has 2 aliphatic rings. The van der Waals surface area contributed by atoms with Gasteiger partial charge < -0.3 is 14.5 Å². The number of Topliss-reactive ketones (excluding diaryl/α,β-unsaturated/α-hetero) is 1. The second-order valence-electron chi connectivity index (χ2n) is 9.27. The van der Waals surface area contributed by atoms with Crippen molar-refractivity contribution < 1.29 is 14.3 Å². The zero-order valence-electron chi connectivity index (χ0n) is 18.7. The van der Waals surface area contributed by atoms with Gasteiger partial charge in [-0.15, -0.1) is 0 Å². The summed E-state index contributed by atoms with van der Waals surface area (Å²) in [6.45, 7) is 8.57. The summed E-state index contributed by atoms with van der Waals surface area (Å²) in [6, 6.07) is 15.5. The van der Waals surface area contributed by atoms with Gasteiger partial charge in [0.2, 0.25) is 0 Å². The predicted molar refractivity (Wildman–Crippen MR) is 125 cm³/mol. The number of carbonyl (C=O) groups excluding carboxylic acids is 2.